The van der Waals surface area contributed by atoms with E-state index in [9.17, 15) is 19.0 Å². The first-order valence-electron chi connectivity index (χ1n) is 35.3. The molecule has 3 atom stereocenters. The summed E-state index contributed by atoms with van der Waals surface area (Å²) in [5.74, 6) is -0.489. The van der Waals surface area contributed by atoms with Gasteiger partial charge in [0.1, 0.15) is 19.3 Å². The predicted molar refractivity (Wildman–Crippen MR) is 351 cm³/mol. The molecule has 0 radical (unpaired) electrons. The van der Waals surface area contributed by atoms with Gasteiger partial charge in [-0.1, -0.05) is 295 Å². The summed E-state index contributed by atoms with van der Waals surface area (Å²) in [7, 11) is 1.51. The van der Waals surface area contributed by atoms with Crippen molar-refractivity contribution in [2.75, 3.05) is 40.9 Å². The first-order valence-corrected chi connectivity index (χ1v) is 36.8. The Labute approximate surface area is 504 Å². The summed E-state index contributed by atoms with van der Waals surface area (Å²) >= 11 is 0. The van der Waals surface area contributed by atoms with Gasteiger partial charge in [0.05, 0.1) is 33.8 Å². The van der Waals surface area contributed by atoms with E-state index in [0.29, 0.717) is 23.9 Å². The Morgan fingerprint density at radius 1 is 0.420 bits per heavy atom. The van der Waals surface area contributed by atoms with Gasteiger partial charge in [-0.3, -0.25) is 18.6 Å². The van der Waals surface area contributed by atoms with E-state index in [4.69, 9.17) is 13.8 Å². The molecule has 0 bridgehead atoms. The number of unbranched alkanes of at least 4 members (excludes halogenated alkanes) is 45. The number of likely N-dealkylation sites (N-methyl/N-ethyl adjacent to an activating group) is 1. The summed E-state index contributed by atoms with van der Waals surface area (Å²) in [6, 6.07) is -0.847. The van der Waals surface area contributed by atoms with E-state index in [1.165, 1.54) is 263 Å². The second-order valence-electron chi connectivity index (χ2n) is 25.4. The molecule has 81 heavy (non-hydrogen) atoms. The van der Waals surface area contributed by atoms with Crippen molar-refractivity contribution in [1.29, 1.82) is 0 Å². The standard InChI is InChI=1S/C71H137N2O7P/c1-7-10-13-16-19-22-25-28-30-32-34-35-36-37-39-41-43-46-49-52-55-58-61-64-71(75)80-69(62-59-56-53-50-47-44-27-24-21-18-15-12-9-3)68(67-79-81(76,77)78-66-65-73(4,5)6)72-70(74)63-60-57-54-51-48-45-42-40-38-33-31-29-26-23-20-17-14-11-8-2/h28-31,59,62,68-69H,7-27,32-58,60-61,63-67H2,1-6H3,(H-,72,74,76,77)/p+1/b30-28+,31-29+,62-59+. The topological polar surface area (TPSA) is 111 Å². The second-order valence-corrected chi connectivity index (χ2v) is 26.9. The highest BCUT2D eigenvalue weighted by Crippen LogP contribution is 2.43. The lowest BCUT2D eigenvalue weighted by Gasteiger charge is -2.27. The number of hydrogen-bond acceptors (Lipinski definition) is 6. The number of nitrogens with one attached hydrogen (secondary N) is 1. The molecular formula is C71H138N2O7P+. The molecule has 0 aliphatic rings. The monoisotopic (exact) mass is 1160 g/mol. The minimum atomic E-state index is -4.45. The second kappa shape index (κ2) is 61.3. The van der Waals surface area contributed by atoms with Crippen molar-refractivity contribution in [3.63, 3.8) is 0 Å². The third kappa shape index (κ3) is 62.6. The number of carbonyl (C=O) groups excluding carboxylic acids is 2. The van der Waals surface area contributed by atoms with Crippen molar-refractivity contribution < 1.29 is 37.3 Å². The van der Waals surface area contributed by atoms with Crippen molar-refractivity contribution in [2.24, 2.45) is 0 Å². The fraction of sp³-hybridized carbons (Fsp3) is 0.887. The van der Waals surface area contributed by atoms with E-state index >= 15 is 0 Å². The van der Waals surface area contributed by atoms with Crippen LogP contribution in [-0.4, -0.2) is 74.3 Å². The van der Waals surface area contributed by atoms with Crippen LogP contribution in [0.1, 0.15) is 355 Å². The van der Waals surface area contributed by atoms with Gasteiger partial charge in [-0.2, -0.15) is 0 Å². The molecule has 9 nitrogen and oxygen atoms in total. The van der Waals surface area contributed by atoms with Crippen LogP contribution < -0.4 is 5.32 Å². The zero-order chi connectivity index (χ0) is 59.3. The Morgan fingerprint density at radius 2 is 0.716 bits per heavy atom. The first kappa shape index (κ1) is 79.2. The summed E-state index contributed by atoms with van der Waals surface area (Å²) in [6.07, 6.45) is 75.8. The molecule has 0 aliphatic heterocycles. The molecule has 0 heterocycles. The van der Waals surface area contributed by atoms with Crippen LogP contribution in [0, 0.1) is 0 Å². The fourth-order valence-corrected chi connectivity index (χ4v) is 11.3. The number of phosphoric acid groups is 1. The van der Waals surface area contributed by atoms with Gasteiger partial charge in [0, 0.05) is 12.8 Å². The fourth-order valence-electron chi connectivity index (χ4n) is 10.6. The molecule has 0 fully saturated rings. The highest BCUT2D eigenvalue weighted by molar-refractivity contribution is 7.47. The molecule has 0 aliphatic carbocycles. The van der Waals surface area contributed by atoms with E-state index < -0.39 is 20.0 Å². The number of hydrogen-bond donors (Lipinski definition) is 2. The number of nitrogens with zero attached hydrogens (tertiary/aromatic N) is 1. The number of phosphoric ester groups is 1. The highest BCUT2D eigenvalue weighted by Gasteiger charge is 2.30. The minimum Gasteiger partial charge on any atom is -0.456 e. The van der Waals surface area contributed by atoms with Crippen molar-refractivity contribution in [2.45, 2.75) is 367 Å². The number of amides is 1. The zero-order valence-electron chi connectivity index (χ0n) is 54.8. The zero-order valence-corrected chi connectivity index (χ0v) is 55.7. The molecule has 3 unspecified atom stereocenters. The molecule has 0 aromatic heterocycles. The molecular weight excluding hydrogens is 1020 g/mol. The Balaban J connectivity index is 5.10. The van der Waals surface area contributed by atoms with Gasteiger partial charge in [-0.15, -0.1) is 0 Å². The van der Waals surface area contributed by atoms with Crippen LogP contribution in [0.15, 0.2) is 36.5 Å². The van der Waals surface area contributed by atoms with Gasteiger partial charge in [-0.25, -0.2) is 4.57 Å². The minimum absolute atomic E-state index is 0.0423. The maximum Gasteiger partial charge on any atom is 0.472 e. The quantitative estimate of drug-likeness (QED) is 0.0205. The Bertz CT molecular complexity index is 1480. The van der Waals surface area contributed by atoms with Crippen molar-refractivity contribution >= 4 is 19.7 Å². The van der Waals surface area contributed by atoms with Crippen LogP contribution in [-0.2, 0) is 27.9 Å². The molecule has 478 valence electrons. The van der Waals surface area contributed by atoms with E-state index in [0.717, 1.165) is 57.8 Å². The van der Waals surface area contributed by atoms with E-state index in [1.807, 2.05) is 33.3 Å². The third-order valence-corrected chi connectivity index (χ3v) is 17.0. The average molecular weight is 1160 g/mol. The summed E-state index contributed by atoms with van der Waals surface area (Å²) in [5.41, 5.74) is 0. The molecule has 1 amide bonds. The molecule has 0 spiro atoms. The van der Waals surface area contributed by atoms with Gasteiger partial charge in [0.25, 0.3) is 0 Å². The number of allylic oxidation sites excluding steroid dienone is 5. The maximum absolute atomic E-state index is 13.6. The summed E-state index contributed by atoms with van der Waals surface area (Å²) in [5, 5.41) is 3.07. The molecule has 10 heteroatoms. The Kier molecular flexibility index (Phi) is 60.0. The van der Waals surface area contributed by atoms with Crippen molar-refractivity contribution in [3.05, 3.63) is 36.5 Å². The highest BCUT2D eigenvalue weighted by atomic mass is 31.2. The Morgan fingerprint density at radius 3 is 1.05 bits per heavy atom. The Hall–Kier alpha value is -1.77. The van der Waals surface area contributed by atoms with Crippen LogP contribution in [0.2, 0.25) is 0 Å². The smallest absolute Gasteiger partial charge is 0.456 e. The van der Waals surface area contributed by atoms with Gasteiger partial charge in [-0.05, 0) is 83.1 Å². The molecule has 0 aromatic carbocycles. The van der Waals surface area contributed by atoms with Gasteiger partial charge in [0.15, 0.2) is 0 Å². The number of rotatable bonds is 65. The predicted octanol–water partition coefficient (Wildman–Crippen LogP) is 22.2. The summed E-state index contributed by atoms with van der Waals surface area (Å²) < 4.78 is 30.8. The van der Waals surface area contributed by atoms with Crippen LogP contribution >= 0.6 is 7.82 Å². The van der Waals surface area contributed by atoms with Crippen LogP contribution in [0.3, 0.4) is 0 Å². The lowest BCUT2D eigenvalue weighted by atomic mass is 10.0. The van der Waals surface area contributed by atoms with E-state index in [2.05, 4.69) is 50.4 Å². The first-order chi connectivity index (χ1) is 39.4. The van der Waals surface area contributed by atoms with Crippen molar-refractivity contribution in [3.8, 4) is 0 Å². The normalized spacial score (nSPS) is 13.7. The van der Waals surface area contributed by atoms with Gasteiger partial charge < -0.3 is 19.4 Å². The number of esters is 1. The number of ether oxygens (including phenoxy) is 1. The van der Waals surface area contributed by atoms with Gasteiger partial charge >= 0.3 is 13.8 Å². The summed E-state index contributed by atoms with van der Waals surface area (Å²) in [6.45, 7) is 7.06. The van der Waals surface area contributed by atoms with E-state index in [-0.39, 0.29) is 25.1 Å². The maximum atomic E-state index is 13.6. The van der Waals surface area contributed by atoms with Crippen LogP contribution in [0.25, 0.3) is 0 Å². The summed E-state index contributed by atoms with van der Waals surface area (Å²) in [4.78, 5) is 37.9. The van der Waals surface area contributed by atoms with Crippen LogP contribution in [0.5, 0.6) is 0 Å². The van der Waals surface area contributed by atoms with Gasteiger partial charge in [0.2, 0.25) is 5.91 Å². The SMILES string of the molecule is CCCCCCCC/C=C/CCCCCCCCCCCCCCCC(=O)OC(/C=C/CCCCCCCCCCCCC)C(COP(=O)(O)OCC[N+](C)(C)C)NC(=O)CCCCCCCCCCC/C=C/CCCCCCCC. The molecule has 0 aromatic rings. The van der Waals surface area contributed by atoms with Crippen molar-refractivity contribution in [1.82, 2.24) is 5.32 Å². The third-order valence-electron chi connectivity index (χ3n) is 16.1. The lowest BCUT2D eigenvalue weighted by Crippen LogP contribution is -2.47. The number of quaternary nitrogens is 1. The largest absolute Gasteiger partial charge is 0.472 e. The molecule has 2 N–H and O–H groups in total. The lowest BCUT2D eigenvalue weighted by molar-refractivity contribution is -0.870. The molecule has 0 rings (SSSR count). The molecule has 0 saturated carbocycles. The number of carbonyl (C=O) groups is 2. The van der Waals surface area contributed by atoms with Crippen LogP contribution in [0.4, 0.5) is 0 Å². The molecule has 0 saturated heterocycles. The average Bonchev–Trinajstić information content (AvgIpc) is 3.44. The van der Waals surface area contributed by atoms with E-state index in [1.54, 1.807) is 0 Å².